The topological polar surface area (TPSA) is 183 Å². The van der Waals surface area contributed by atoms with Crippen molar-refractivity contribution in [2.45, 2.75) is 274 Å². The molecule has 28 aliphatic rings. The molecular formula is C114H150N6O12. The molecule has 0 spiro atoms. The van der Waals surface area contributed by atoms with Crippen molar-refractivity contribution in [3.05, 3.63) is 212 Å². The first-order chi connectivity index (χ1) is 64.8. The van der Waals surface area contributed by atoms with Crippen LogP contribution in [0.15, 0.2) is 146 Å². The van der Waals surface area contributed by atoms with Crippen LogP contribution in [0.3, 0.4) is 0 Å². The number of methoxy groups -OCH3 is 6. The van der Waals surface area contributed by atoms with E-state index in [4.69, 9.17) is 56.8 Å². The van der Waals surface area contributed by atoms with Crippen molar-refractivity contribution in [1.82, 2.24) is 31.9 Å². The minimum atomic E-state index is -0.0644. The summed E-state index contributed by atoms with van der Waals surface area (Å²) < 4.78 is 80.9. The molecule has 0 amide bonds. The first-order valence-corrected chi connectivity index (χ1v) is 49.7. The lowest BCUT2D eigenvalue weighted by atomic mass is 9.93. The molecule has 6 N–H and O–H groups in total. The van der Waals surface area contributed by atoms with Gasteiger partial charge >= 0.3 is 0 Å². The number of unbranched alkanes of at least 4 members (excludes halogenated alkanes) is 6. The molecule has 0 saturated heterocycles. The number of ether oxygens (including phenoxy) is 12. The molecule has 132 heavy (non-hydrogen) atoms. The zero-order valence-corrected chi connectivity index (χ0v) is 82.4. The summed E-state index contributed by atoms with van der Waals surface area (Å²) in [5, 5.41) is 36.2. The van der Waals surface area contributed by atoms with Crippen LogP contribution in [0, 0.1) is 0 Å². The van der Waals surface area contributed by atoms with E-state index in [1.165, 1.54) is 0 Å². The molecule has 18 heteroatoms. The minimum absolute atomic E-state index is 0.0644. The van der Waals surface area contributed by atoms with Crippen LogP contribution >= 0.6 is 0 Å². The standard InChI is InChI=1S/C114H150N6O12/c1-19-31-61-127-109-85-49-56-92-98(26-8)116-68-74-39-45-82-81(104(74)122-14)46-40-76(106(82)124-16)70-118-100(28-10)94-59-53-90-89(113(94)131-65-35-23-5)54-60-96(114(90)132-66-36-24-6)102(30-12)120-72-78-42-48-83-84(108(78)126-18)47-41-77(107(83)125-17)71-119-101(29-11)95-58-52-87-88(112(95)130-64-34-22-4)51-57-93(111(87)129-63-33-21-3)99(27-9)117-69-75-38-44-79-80(105(75)123-15)43-37-73(103(79)121-13)67-115-97(25-7)91(109)55-50-86(85)110(92)128-62-32-20-2/h37-60,97-102,115-120H,19-36,61-72H2,1-18H3/t97-,98-,99-,100-,101-,102-/m1/s1. The van der Waals surface area contributed by atoms with E-state index in [2.05, 4.69) is 261 Å². The summed E-state index contributed by atoms with van der Waals surface area (Å²) in [5.41, 5.74) is 12.9. The number of nitrogens with one attached hydrogen (secondary N) is 6. The Kier molecular flexibility index (Phi) is 36.8. The second kappa shape index (κ2) is 49.0. The van der Waals surface area contributed by atoms with Crippen LogP contribution in [0.2, 0.25) is 0 Å². The summed E-state index contributed by atoms with van der Waals surface area (Å²) in [7, 11) is 10.6. The number of rotatable bonds is 36. The average molecular weight is 1800 g/mol. The molecule has 708 valence electrons. The number of benzene rings is 12. The highest BCUT2D eigenvalue weighted by atomic mass is 16.5. The highest BCUT2D eigenvalue weighted by Crippen LogP contribution is 2.50. The maximum atomic E-state index is 7.04. The van der Waals surface area contributed by atoms with Gasteiger partial charge in [-0.05, 0) is 77.0 Å². The van der Waals surface area contributed by atoms with Gasteiger partial charge in [-0.3, -0.25) is 0 Å². The van der Waals surface area contributed by atoms with Gasteiger partial charge in [-0.1, -0.05) is 267 Å². The predicted octanol–water partition coefficient (Wildman–Crippen LogP) is 27.5. The fourth-order valence-corrected chi connectivity index (χ4v) is 19.5. The van der Waals surface area contributed by atoms with Gasteiger partial charge in [0.05, 0.1) is 82.3 Å². The molecule has 0 unspecified atom stereocenters. The first kappa shape index (κ1) is 99.0. The van der Waals surface area contributed by atoms with Crippen LogP contribution in [-0.2, 0) is 39.3 Å². The van der Waals surface area contributed by atoms with E-state index in [1.807, 2.05) is 0 Å². The van der Waals surface area contributed by atoms with Crippen molar-refractivity contribution in [3.8, 4) is 69.0 Å². The summed E-state index contributed by atoms with van der Waals surface area (Å²) >= 11 is 0. The van der Waals surface area contributed by atoms with Crippen molar-refractivity contribution < 1.29 is 56.8 Å². The average Bonchev–Trinajstić information content (AvgIpc) is 0.755. The second-order valence-corrected chi connectivity index (χ2v) is 35.3. The Labute approximate surface area is 786 Å². The van der Waals surface area contributed by atoms with Crippen LogP contribution in [0.25, 0.3) is 64.6 Å². The maximum absolute atomic E-state index is 7.04. The van der Waals surface area contributed by atoms with E-state index < -0.39 is 0 Å². The van der Waals surface area contributed by atoms with Gasteiger partial charge in [0.25, 0.3) is 0 Å². The second-order valence-electron chi connectivity index (χ2n) is 35.3. The third-order valence-electron chi connectivity index (χ3n) is 26.9. The van der Waals surface area contributed by atoms with Crippen molar-refractivity contribution >= 4 is 64.6 Å². The maximum Gasteiger partial charge on any atom is 0.132 e. The number of hydrogen-bond acceptors (Lipinski definition) is 18. The molecule has 0 fully saturated rings. The lowest BCUT2D eigenvalue weighted by Crippen LogP contribution is -2.23. The normalized spacial score (nSPS) is 16.8. The summed E-state index contributed by atoms with van der Waals surface area (Å²) in [6.45, 7) is 33.6. The Morgan fingerprint density at radius 3 is 0.432 bits per heavy atom. The third-order valence-corrected chi connectivity index (χ3v) is 26.9. The van der Waals surface area contributed by atoms with Crippen molar-refractivity contribution in [2.24, 2.45) is 0 Å². The molecule has 18 nitrogen and oxygen atoms in total. The monoisotopic (exact) mass is 1800 g/mol. The van der Waals surface area contributed by atoms with Crippen molar-refractivity contribution in [3.63, 3.8) is 0 Å². The summed E-state index contributed by atoms with van der Waals surface area (Å²) in [6, 6.07) is 53.1. The smallest absolute Gasteiger partial charge is 0.132 e. The number of hydrogen-bond donors (Lipinski definition) is 6. The van der Waals surface area contributed by atoms with E-state index in [0.717, 1.165) is 316 Å². The molecule has 0 aromatic heterocycles. The molecule has 0 radical (unpaired) electrons. The predicted molar refractivity (Wildman–Crippen MR) is 545 cm³/mol. The van der Waals surface area contributed by atoms with Gasteiger partial charge < -0.3 is 88.7 Å². The Balaban J connectivity index is 0.896. The Morgan fingerprint density at radius 2 is 0.311 bits per heavy atom. The Morgan fingerprint density at radius 1 is 0.182 bits per heavy atom. The van der Waals surface area contributed by atoms with E-state index in [-0.39, 0.29) is 36.3 Å². The van der Waals surface area contributed by atoms with E-state index in [1.54, 1.807) is 42.7 Å². The zero-order chi connectivity index (χ0) is 93.2. The fraction of sp³-hybridized carbons (Fsp3) is 0.474. The molecule has 28 heterocycles. The quantitative estimate of drug-likeness (QED) is 0.0204. The summed E-state index contributed by atoms with van der Waals surface area (Å²) in [4.78, 5) is 0. The molecule has 0 saturated carbocycles. The molecule has 28 aliphatic heterocycles. The van der Waals surface area contributed by atoms with Crippen LogP contribution in [0.5, 0.6) is 69.0 Å². The first-order valence-electron chi connectivity index (χ1n) is 49.7. The van der Waals surface area contributed by atoms with Gasteiger partial charge in [-0.15, -0.1) is 0 Å². The Hall–Kier alpha value is -10.4. The molecule has 40 rings (SSSR count). The Bertz CT molecular complexity index is 4910. The molecule has 0 aliphatic carbocycles. The lowest BCUT2D eigenvalue weighted by molar-refractivity contribution is 0.302. The minimum Gasteiger partial charge on any atom is -0.496 e. The van der Waals surface area contributed by atoms with E-state index in [9.17, 15) is 0 Å². The van der Waals surface area contributed by atoms with E-state index in [0.29, 0.717) is 78.9 Å². The van der Waals surface area contributed by atoms with E-state index >= 15 is 0 Å². The van der Waals surface area contributed by atoms with Crippen LogP contribution < -0.4 is 88.7 Å². The molecular weight excluding hydrogens is 1650 g/mol. The highest BCUT2D eigenvalue weighted by molar-refractivity contribution is 6.00. The zero-order valence-electron chi connectivity index (χ0n) is 82.4. The van der Waals surface area contributed by atoms with Gasteiger partial charge in [0, 0.05) is 207 Å². The molecule has 6 atom stereocenters. The summed E-state index contributed by atoms with van der Waals surface area (Å²) in [5.74, 6) is 10.2. The van der Waals surface area contributed by atoms with Gasteiger partial charge in [0.15, 0.2) is 0 Å². The molecule has 12 aromatic rings. The van der Waals surface area contributed by atoms with Crippen LogP contribution in [0.1, 0.15) is 302 Å². The van der Waals surface area contributed by atoms with Crippen LogP contribution in [-0.4, -0.2) is 82.3 Å². The van der Waals surface area contributed by atoms with Gasteiger partial charge in [0.1, 0.15) is 69.0 Å². The lowest BCUT2D eigenvalue weighted by Gasteiger charge is -2.26. The van der Waals surface area contributed by atoms with Crippen molar-refractivity contribution in [1.29, 1.82) is 0 Å². The molecule has 12 aromatic carbocycles. The SMILES string of the molecule is CCCCOc1c2ccc3c(OCCCC)c(ccc13)[C@@H](CC)NCc1ccc3c(OC)c(ccc3c1OC)CN[C@H](CC)c1ccc3c(OCCCC)c(ccc3c1OCCCC)[C@@H](CC)NCc1ccc3c(OC)c(ccc3c1OC)CN[C@H](CC)c1ccc3c(OCCCC)c(ccc3c1OCCCC)[C@@H](CC)NCc1ccc3c(OC)c(ccc3c1OC)CN[C@@H]2CC. The third kappa shape index (κ3) is 21.8. The van der Waals surface area contributed by atoms with Crippen molar-refractivity contribution in [2.75, 3.05) is 82.3 Å². The largest absolute Gasteiger partial charge is 0.496 e. The van der Waals surface area contributed by atoms with Gasteiger partial charge in [0.2, 0.25) is 0 Å². The molecule has 24 bridgehead atoms. The van der Waals surface area contributed by atoms with Gasteiger partial charge in [-0.2, -0.15) is 0 Å². The highest BCUT2D eigenvalue weighted by Gasteiger charge is 2.31. The fourth-order valence-electron chi connectivity index (χ4n) is 19.5. The summed E-state index contributed by atoms with van der Waals surface area (Å²) in [6.07, 6.45) is 16.5. The van der Waals surface area contributed by atoms with Gasteiger partial charge in [-0.25, -0.2) is 0 Å². The van der Waals surface area contributed by atoms with Crippen LogP contribution in [0.4, 0.5) is 0 Å².